The smallest absolute Gasteiger partial charge is 0.186 e. The van der Waals surface area contributed by atoms with Gasteiger partial charge in [-0.25, -0.2) is 0 Å². The number of rotatable bonds is 8. The van der Waals surface area contributed by atoms with Crippen LogP contribution >= 0.6 is 0 Å². The maximum Gasteiger partial charge on any atom is 0.186 e. The van der Waals surface area contributed by atoms with Gasteiger partial charge in [0.1, 0.15) is 24.4 Å². The van der Waals surface area contributed by atoms with E-state index in [4.69, 9.17) is 9.47 Å². The summed E-state index contributed by atoms with van der Waals surface area (Å²) < 4.78 is 11.5. The minimum Gasteiger partial charge on any atom is -0.394 e. The SMILES string of the molecule is C=C1CC(O)C2C(C)(COC3OC(CO)C(O)C(O)C3O)CCCC2(C)C1CCC(C)=CCO. The highest BCUT2D eigenvalue weighted by molar-refractivity contribution is 5.19. The molecule has 0 bridgehead atoms. The average molecular weight is 485 g/mol. The lowest BCUT2D eigenvalue weighted by atomic mass is 9.46. The quantitative estimate of drug-likeness (QED) is 0.283. The summed E-state index contributed by atoms with van der Waals surface area (Å²) in [7, 11) is 0. The Bertz CT molecular complexity index is 738. The maximum atomic E-state index is 11.3. The molecule has 0 amide bonds. The van der Waals surface area contributed by atoms with E-state index in [1.54, 1.807) is 0 Å². The molecule has 0 aromatic heterocycles. The fourth-order valence-corrected chi connectivity index (χ4v) is 7.07. The van der Waals surface area contributed by atoms with Gasteiger partial charge in [-0.1, -0.05) is 44.1 Å². The van der Waals surface area contributed by atoms with E-state index < -0.39 is 48.8 Å². The van der Waals surface area contributed by atoms with Crippen molar-refractivity contribution in [3.05, 3.63) is 23.8 Å². The van der Waals surface area contributed by atoms with Crippen LogP contribution in [0.15, 0.2) is 23.8 Å². The number of aliphatic hydroxyl groups is 6. The van der Waals surface area contributed by atoms with Gasteiger partial charge in [-0.2, -0.15) is 0 Å². The molecular weight excluding hydrogens is 440 g/mol. The first-order valence-corrected chi connectivity index (χ1v) is 12.5. The summed E-state index contributed by atoms with van der Waals surface area (Å²) in [4.78, 5) is 0. The Hall–Kier alpha value is -0.840. The summed E-state index contributed by atoms with van der Waals surface area (Å²) in [5.41, 5.74) is 1.63. The van der Waals surface area contributed by atoms with E-state index in [9.17, 15) is 30.6 Å². The molecule has 2 aliphatic carbocycles. The second-order valence-electron chi connectivity index (χ2n) is 11.3. The van der Waals surface area contributed by atoms with E-state index >= 15 is 0 Å². The Morgan fingerprint density at radius 2 is 1.82 bits per heavy atom. The van der Waals surface area contributed by atoms with Gasteiger partial charge in [-0.15, -0.1) is 0 Å². The van der Waals surface area contributed by atoms with Crippen molar-refractivity contribution >= 4 is 0 Å². The molecule has 0 aromatic carbocycles. The number of allylic oxidation sites excluding steroid dienone is 1. The molecule has 1 aliphatic heterocycles. The lowest BCUT2D eigenvalue weighted by Gasteiger charge is -2.60. The Balaban J connectivity index is 1.78. The fourth-order valence-electron chi connectivity index (χ4n) is 7.07. The van der Waals surface area contributed by atoms with Gasteiger partial charge < -0.3 is 40.1 Å². The zero-order valence-electron chi connectivity index (χ0n) is 20.8. The second-order valence-corrected chi connectivity index (χ2v) is 11.3. The highest BCUT2D eigenvalue weighted by Gasteiger charge is 2.58. The second kappa shape index (κ2) is 11.0. The highest BCUT2D eigenvalue weighted by atomic mass is 16.7. The lowest BCUT2D eigenvalue weighted by Crippen LogP contribution is -2.61. The monoisotopic (exact) mass is 484 g/mol. The first-order chi connectivity index (χ1) is 16.0. The third-order valence-electron chi connectivity index (χ3n) is 8.76. The van der Waals surface area contributed by atoms with Crippen LogP contribution in [0.2, 0.25) is 0 Å². The molecule has 34 heavy (non-hydrogen) atoms. The standard InChI is InChI=1S/C26H44O8/c1-15(8-11-27)6-7-17-16(2)12-18(29)23-25(3,9-5-10-26(17,23)4)14-33-24-22(32)21(31)20(30)19(13-28)34-24/h8,17-24,27-32H,2,5-7,9-14H2,1,3-4H3. The summed E-state index contributed by atoms with van der Waals surface area (Å²) in [6, 6.07) is 0. The molecule has 2 saturated carbocycles. The first kappa shape index (κ1) is 27.7. The zero-order chi connectivity index (χ0) is 25.3. The van der Waals surface area contributed by atoms with E-state index in [0.29, 0.717) is 6.42 Å². The van der Waals surface area contributed by atoms with Crippen LogP contribution in [0.3, 0.4) is 0 Å². The van der Waals surface area contributed by atoms with Crippen LogP contribution in [0.1, 0.15) is 59.3 Å². The molecule has 1 heterocycles. The number of fused-ring (bicyclic) bond motifs is 1. The van der Waals surface area contributed by atoms with Gasteiger partial charge in [-0.05, 0) is 61.7 Å². The Morgan fingerprint density at radius 1 is 1.12 bits per heavy atom. The van der Waals surface area contributed by atoms with E-state index in [2.05, 4.69) is 20.4 Å². The van der Waals surface area contributed by atoms with Crippen molar-refractivity contribution in [2.75, 3.05) is 19.8 Å². The number of hydrogen-bond donors (Lipinski definition) is 6. The molecule has 3 fully saturated rings. The first-order valence-electron chi connectivity index (χ1n) is 12.5. The Kier molecular flexibility index (Phi) is 9.02. The predicted octanol–water partition coefficient (Wildman–Crippen LogP) is 1.27. The number of hydrogen-bond acceptors (Lipinski definition) is 8. The molecule has 0 radical (unpaired) electrons. The molecule has 8 heteroatoms. The van der Waals surface area contributed by atoms with Crippen molar-refractivity contribution < 1.29 is 40.1 Å². The summed E-state index contributed by atoms with van der Waals surface area (Å²) in [6.07, 6.45) is -0.215. The predicted molar refractivity (Wildman–Crippen MR) is 127 cm³/mol. The van der Waals surface area contributed by atoms with Crippen molar-refractivity contribution in [3.8, 4) is 0 Å². The van der Waals surface area contributed by atoms with Crippen molar-refractivity contribution in [2.24, 2.45) is 22.7 Å². The van der Waals surface area contributed by atoms with Crippen LogP contribution in [0.5, 0.6) is 0 Å². The minimum absolute atomic E-state index is 0.0312. The summed E-state index contributed by atoms with van der Waals surface area (Å²) >= 11 is 0. The van der Waals surface area contributed by atoms with E-state index in [0.717, 1.165) is 43.3 Å². The van der Waals surface area contributed by atoms with Crippen LogP contribution in [-0.4, -0.2) is 87.3 Å². The van der Waals surface area contributed by atoms with Crippen LogP contribution in [0.25, 0.3) is 0 Å². The normalized spacial score (nSPS) is 45.8. The average Bonchev–Trinajstić information content (AvgIpc) is 2.76. The molecule has 3 rings (SSSR count). The van der Waals surface area contributed by atoms with E-state index in [1.165, 1.54) is 0 Å². The molecule has 3 aliphatic rings. The summed E-state index contributed by atoms with van der Waals surface area (Å²) in [5, 5.41) is 60.4. The van der Waals surface area contributed by atoms with Gasteiger partial charge in [0, 0.05) is 0 Å². The van der Waals surface area contributed by atoms with Crippen LogP contribution in [0, 0.1) is 22.7 Å². The Labute approximate surface area is 202 Å². The third kappa shape index (κ3) is 5.30. The van der Waals surface area contributed by atoms with Gasteiger partial charge in [0.2, 0.25) is 0 Å². The third-order valence-corrected chi connectivity index (χ3v) is 8.76. The van der Waals surface area contributed by atoms with Crippen molar-refractivity contribution in [1.29, 1.82) is 0 Å². The molecular formula is C26H44O8. The minimum atomic E-state index is -1.48. The molecule has 0 aromatic rings. The van der Waals surface area contributed by atoms with Gasteiger partial charge in [0.25, 0.3) is 0 Å². The summed E-state index contributed by atoms with van der Waals surface area (Å²) in [6.45, 7) is 10.4. The van der Waals surface area contributed by atoms with Crippen LogP contribution < -0.4 is 0 Å². The van der Waals surface area contributed by atoms with Gasteiger partial charge in [0.15, 0.2) is 6.29 Å². The Morgan fingerprint density at radius 3 is 2.47 bits per heavy atom. The summed E-state index contributed by atoms with van der Waals surface area (Å²) in [5.74, 6) is 0.172. The maximum absolute atomic E-state index is 11.3. The fraction of sp³-hybridized carbons (Fsp3) is 0.846. The molecule has 1 saturated heterocycles. The number of ether oxygens (including phenoxy) is 2. The van der Waals surface area contributed by atoms with Gasteiger partial charge >= 0.3 is 0 Å². The molecule has 10 atom stereocenters. The molecule has 6 N–H and O–H groups in total. The largest absolute Gasteiger partial charge is 0.394 e. The van der Waals surface area contributed by atoms with Gasteiger partial charge in [0.05, 0.1) is 25.9 Å². The van der Waals surface area contributed by atoms with E-state index in [-0.39, 0.29) is 30.5 Å². The van der Waals surface area contributed by atoms with Gasteiger partial charge in [-0.3, -0.25) is 0 Å². The van der Waals surface area contributed by atoms with Crippen molar-refractivity contribution in [1.82, 2.24) is 0 Å². The van der Waals surface area contributed by atoms with Crippen LogP contribution in [0.4, 0.5) is 0 Å². The van der Waals surface area contributed by atoms with Crippen molar-refractivity contribution in [3.63, 3.8) is 0 Å². The molecule has 8 nitrogen and oxygen atoms in total. The molecule has 0 spiro atoms. The highest BCUT2D eigenvalue weighted by Crippen LogP contribution is 2.62. The molecule has 10 unspecified atom stereocenters. The number of aliphatic hydroxyl groups excluding tert-OH is 6. The molecule has 196 valence electrons. The van der Waals surface area contributed by atoms with Crippen molar-refractivity contribution in [2.45, 2.75) is 96.1 Å². The zero-order valence-corrected chi connectivity index (χ0v) is 20.8. The lowest BCUT2D eigenvalue weighted by molar-refractivity contribution is -0.310. The van der Waals surface area contributed by atoms with E-state index in [1.807, 2.05) is 13.0 Å². The topological polar surface area (TPSA) is 140 Å². The van der Waals surface area contributed by atoms with Crippen LogP contribution in [-0.2, 0) is 9.47 Å².